The van der Waals surface area contributed by atoms with Gasteiger partial charge in [-0.05, 0) is 61.3 Å². The van der Waals surface area contributed by atoms with Crippen molar-refractivity contribution < 1.29 is 10.2 Å². The molecule has 5 unspecified atom stereocenters. The maximum Gasteiger partial charge on any atom is 0.0911 e. The molecule has 0 saturated heterocycles. The van der Waals surface area contributed by atoms with Crippen LogP contribution in [0.25, 0.3) is 0 Å². The maximum absolute atomic E-state index is 9.91. The van der Waals surface area contributed by atoms with E-state index in [1.165, 1.54) is 0 Å². The highest BCUT2D eigenvalue weighted by atomic mass is 16.3. The molecule has 2 heteroatoms. The molecular weight excluding hydrogens is 236 g/mol. The molecule has 0 aromatic rings. The van der Waals surface area contributed by atoms with Crippen LogP contribution in [0.4, 0.5) is 0 Å². The van der Waals surface area contributed by atoms with E-state index in [0.717, 1.165) is 32.1 Å². The van der Waals surface area contributed by atoms with E-state index in [1.54, 1.807) is 0 Å². The molecule has 0 amide bonds. The minimum absolute atomic E-state index is 0.0960. The Labute approximate surface area is 117 Å². The van der Waals surface area contributed by atoms with Crippen molar-refractivity contribution in [1.82, 2.24) is 0 Å². The lowest BCUT2D eigenvalue weighted by Crippen LogP contribution is -2.40. The molecule has 0 aliphatic heterocycles. The minimum atomic E-state index is -0.0960. The summed E-state index contributed by atoms with van der Waals surface area (Å²) < 4.78 is 0. The van der Waals surface area contributed by atoms with Gasteiger partial charge in [0.15, 0.2) is 0 Å². The lowest BCUT2D eigenvalue weighted by Gasteiger charge is -2.47. The molecule has 110 valence electrons. The normalized spacial score (nSPS) is 40.9. The average molecular weight is 266 g/mol. The first kappa shape index (κ1) is 14.9. The molecule has 0 spiro atoms. The third-order valence-corrected chi connectivity index (χ3v) is 5.98. The van der Waals surface area contributed by atoms with E-state index in [1.807, 2.05) is 6.08 Å². The van der Waals surface area contributed by atoms with Crippen LogP contribution < -0.4 is 0 Å². The van der Waals surface area contributed by atoms with Gasteiger partial charge in [-0.3, -0.25) is 0 Å². The van der Waals surface area contributed by atoms with E-state index < -0.39 is 0 Å². The second-order valence-corrected chi connectivity index (χ2v) is 7.57. The number of allylic oxidation sites excluding steroid dienone is 2. The molecule has 0 aromatic carbocycles. The van der Waals surface area contributed by atoms with Crippen molar-refractivity contribution >= 4 is 0 Å². The lowest BCUT2D eigenvalue weighted by molar-refractivity contribution is -0.00593. The van der Waals surface area contributed by atoms with Gasteiger partial charge in [0, 0.05) is 5.92 Å². The van der Waals surface area contributed by atoms with Crippen molar-refractivity contribution in [1.29, 1.82) is 0 Å². The molecule has 19 heavy (non-hydrogen) atoms. The summed E-state index contributed by atoms with van der Waals surface area (Å²) in [4.78, 5) is 0. The van der Waals surface area contributed by atoms with Crippen LogP contribution in [-0.4, -0.2) is 16.3 Å². The summed E-state index contributed by atoms with van der Waals surface area (Å²) in [6.07, 6.45) is 7.30. The van der Waals surface area contributed by atoms with Crippen LogP contribution in [0.15, 0.2) is 11.8 Å². The van der Waals surface area contributed by atoms with E-state index in [0.29, 0.717) is 34.8 Å². The molecule has 2 rings (SSSR count). The summed E-state index contributed by atoms with van der Waals surface area (Å²) in [5.41, 5.74) is 0.305. The van der Waals surface area contributed by atoms with Crippen molar-refractivity contribution in [3.8, 4) is 0 Å². The van der Waals surface area contributed by atoms with Crippen molar-refractivity contribution in [2.24, 2.45) is 29.1 Å². The van der Waals surface area contributed by atoms with Gasteiger partial charge in [0.05, 0.1) is 11.9 Å². The zero-order valence-electron chi connectivity index (χ0n) is 12.9. The average Bonchev–Trinajstić information content (AvgIpc) is 2.35. The van der Waals surface area contributed by atoms with E-state index in [-0.39, 0.29) is 6.10 Å². The Kier molecular flexibility index (Phi) is 4.29. The predicted octanol–water partition coefficient (Wildman–Crippen LogP) is 4.30. The van der Waals surface area contributed by atoms with Crippen molar-refractivity contribution in [3.63, 3.8) is 0 Å². The molecular formula is C17H30O2. The standard InChI is InChI=1S/C17H30O2/c1-11-9-13(5-7-15(11)18)17(3,4)14-6-8-16(19)12(2)10-14/h7,11-14,16,18-19H,5-6,8-10H2,1-4H3. The van der Waals surface area contributed by atoms with Crippen LogP contribution in [0.5, 0.6) is 0 Å². The van der Waals surface area contributed by atoms with E-state index >= 15 is 0 Å². The van der Waals surface area contributed by atoms with Gasteiger partial charge in [-0.1, -0.05) is 27.7 Å². The zero-order chi connectivity index (χ0) is 14.2. The number of aliphatic hydroxyl groups is 2. The first-order chi connectivity index (χ1) is 8.82. The third-order valence-electron chi connectivity index (χ3n) is 5.98. The molecule has 0 heterocycles. The second kappa shape index (κ2) is 5.47. The smallest absolute Gasteiger partial charge is 0.0911 e. The second-order valence-electron chi connectivity index (χ2n) is 7.57. The summed E-state index contributed by atoms with van der Waals surface area (Å²) in [7, 11) is 0. The Morgan fingerprint density at radius 2 is 1.79 bits per heavy atom. The third kappa shape index (κ3) is 2.99. The molecule has 2 aliphatic carbocycles. The highest BCUT2D eigenvalue weighted by Crippen LogP contribution is 2.49. The van der Waals surface area contributed by atoms with E-state index in [4.69, 9.17) is 0 Å². The molecule has 0 aromatic heterocycles. The Hall–Kier alpha value is -0.500. The van der Waals surface area contributed by atoms with Crippen LogP contribution >= 0.6 is 0 Å². The fraction of sp³-hybridized carbons (Fsp3) is 0.882. The first-order valence-corrected chi connectivity index (χ1v) is 7.89. The molecule has 0 bridgehead atoms. The molecule has 1 fully saturated rings. The van der Waals surface area contributed by atoms with Gasteiger partial charge < -0.3 is 10.2 Å². The highest BCUT2D eigenvalue weighted by Gasteiger charge is 2.41. The molecule has 1 saturated carbocycles. The molecule has 2 aliphatic rings. The van der Waals surface area contributed by atoms with Gasteiger partial charge in [-0.15, -0.1) is 0 Å². The summed E-state index contributed by atoms with van der Waals surface area (Å²) in [6, 6.07) is 0. The topological polar surface area (TPSA) is 40.5 Å². The fourth-order valence-electron chi connectivity index (χ4n) is 4.10. The number of hydrogen-bond donors (Lipinski definition) is 2. The van der Waals surface area contributed by atoms with E-state index in [2.05, 4.69) is 27.7 Å². The van der Waals surface area contributed by atoms with Gasteiger partial charge in [0.2, 0.25) is 0 Å². The van der Waals surface area contributed by atoms with Crippen LogP contribution in [0.3, 0.4) is 0 Å². The van der Waals surface area contributed by atoms with Gasteiger partial charge in [0.25, 0.3) is 0 Å². The monoisotopic (exact) mass is 266 g/mol. The number of aliphatic hydroxyl groups excluding tert-OH is 2. The predicted molar refractivity (Wildman–Crippen MR) is 78.9 cm³/mol. The Bertz CT molecular complexity index is 345. The van der Waals surface area contributed by atoms with Crippen LogP contribution in [0.1, 0.15) is 59.8 Å². The quantitative estimate of drug-likeness (QED) is 0.782. The van der Waals surface area contributed by atoms with Crippen LogP contribution in [0, 0.1) is 29.1 Å². The Morgan fingerprint density at radius 3 is 2.37 bits per heavy atom. The lowest BCUT2D eigenvalue weighted by atomic mass is 9.59. The molecule has 0 radical (unpaired) electrons. The summed E-state index contributed by atoms with van der Waals surface area (Å²) in [5.74, 6) is 2.69. The van der Waals surface area contributed by atoms with Gasteiger partial charge in [-0.2, -0.15) is 0 Å². The number of rotatable bonds is 2. The highest BCUT2D eigenvalue weighted by molar-refractivity contribution is 5.05. The zero-order valence-corrected chi connectivity index (χ0v) is 12.9. The van der Waals surface area contributed by atoms with Gasteiger partial charge in [-0.25, -0.2) is 0 Å². The van der Waals surface area contributed by atoms with Crippen LogP contribution in [-0.2, 0) is 0 Å². The molecule has 2 N–H and O–H groups in total. The van der Waals surface area contributed by atoms with Crippen molar-refractivity contribution in [2.75, 3.05) is 0 Å². The SMILES string of the molecule is CC1CC(C(C)(C)C2CCC(O)C(C)C2)CC=C1O. The Balaban J connectivity index is 2.06. The first-order valence-electron chi connectivity index (χ1n) is 7.89. The Morgan fingerprint density at radius 1 is 1.11 bits per heavy atom. The van der Waals surface area contributed by atoms with Crippen molar-refractivity contribution in [3.05, 3.63) is 11.8 Å². The number of hydrogen-bond acceptors (Lipinski definition) is 2. The van der Waals surface area contributed by atoms with Crippen LogP contribution in [0.2, 0.25) is 0 Å². The van der Waals surface area contributed by atoms with Gasteiger partial charge in [0.1, 0.15) is 0 Å². The van der Waals surface area contributed by atoms with E-state index in [9.17, 15) is 10.2 Å². The van der Waals surface area contributed by atoms with Crippen molar-refractivity contribution in [2.45, 2.75) is 65.9 Å². The van der Waals surface area contributed by atoms with Gasteiger partial charge >= 0.3 is 0 Å². The minimum Gasteiger partial charge on any atom is -0.512 e. The maximum atomic E-state index is 9.91. The largest absolute Gasteiger partial charge is 0.512 e. The molecule has 2 nitrogen and oxygen atoms in total. The summed E-state index contributed by atoms with van der Waals surface area (Å²) >= 11 is 0. The summed E-state index contributed by atoms with van der Waals surface area (Å²) in [5, 5.41) is 19.7. The summed E-state index contributed by atoms with van der Waals surface area (Å²) in [6.45, 7) is 9.11. The molecule has 5 atom stereocenters. The fourth-order valence-corrected chi connectivity index (χ4v) is 4.10.